The van der Waals surface area contributed by atoms with E-state index in [1.165, 1.54) is 23.5 Å². The van der Waals surface area contributed by atoms with E-state index < -0.39 is 10.0 Å². The molecule has 0 unspecified atom stereocenters. The fourth-order valence-corrected chi connectivity index (χ4v) is 4.26. The second kappa shape index (κ2) is 10.2. The number of hydrogen-bond donors (Lipinski definition) is 3. The van der Waals surface area contributed by atoms with E-state index in [2.05, 4.69) is 20.5 Å². The Kier molecular flexibility index (Phi) is 7.59. The number of nitrogens with one attached hydrogen (secondary N) is 2. The molecule has 168 valence electrons. The Labute approximate surface area is 185 Å². The number of hydrogen-bond acceptors (Lipinski definition) is 7. The summed E-state index contributed by atoms with van der Waals surface area (Å²) in [7, 11) is -1.68. The standard InChI is InChI=1S/C19H26N6O4S2/c1-24-8-10-25(11-9-24)19(27)23-18-22-15(13-30-18)12-17(26)21-7-6-14-2-4-16(5-3-14)31(20,28)29/h2-5,13H,6-12H2,1H3,(H,21,26)(H2,20,28,29)(H,22,23,27). The van der Waals surface area contributed by atoms with Gasteiger partial charge in [0.15, 0.2) is 5.13 Å². The van der Waals surface area contributed by atoms with Crippen molar-refractivity contribution in [3.8, 4) is 0 Å². The van der Waals surface area contributed by atoms with Crippen LogP contribution < -0.4 is 15.8 Å². The molecular weight excluding hydrogens is 440 g/mol. The van der Waals surface area contributed by atoms with Gasteiger partial charge in [-0.15, -0.1) is 11.3 Å². The first kappa shape index (κ1) is 23.1. The van der Waals surface area contributed by atoms with Gasteiger partial charge in [0, 0.05) is 38.1 Å². The van der Waals surface area contributed by atoms with Crippen LogP contribution in [-0.4, -0.2) is 74.9 Å². The summed E-state index contributed by atoms with van der Waals surface area (Å²) >= 11 is 1.29. The number of carbonyl (C=O) groups is 2. The minimum Gasteiger partial charge on any atom is -0.355 e. The van der Waals surface area contributed by atoms with Gasteiger partial charge in [0.2, 0.25) is 15.9 Å². The minimum absolute atomic E-state index is 0.0549. The second-order valence-corrected chi connectivity index (χ2v) is 9.75. The van der Waals surface area contributed by atoms with Gasteiger partial charge >= 0.3 is 6.03 Å². The van der Waals surface area contributed by atoms with Crippen LogP contribution in [0.15, 0.2) is 34.5 Å². The predicted molar refractivity (Wildman–Crippen MR) is 118 cm³/mol. The van der Waals surface area contributed by atoms with Crippen LogP contribution in [-0.2, 0) is 27.7 Å². The summed E-state index contributed by atoms with van der Waals surface area (Å²) in [6.45, 7) is 3.44. The summed E-state index contributed by atoms with van der Waals surface area (Å²) in [4.78, 5) is 32.8. The van der Waals surface area contributed by atoms with Crippen molar-refractivity contribution in [2.75, 3.05) is 45.1 Å². The molecule has 3 rings (SSSR count). The highest BCUT2D eigenvalue weighted by Gasteiger charge is 2.20. The predicted octanol–water partition coefficient (Wildman–Crippen LogP) is 0.471. The zero-order valence-electron chi connectivity index (χ0n) is 17.2. The average molecular weight is 467 g/mol. The van der Waals surface area contributed by atoms with Crippen molar-refractivity contribution in [2.24, 2.45) is 5.14 Å². The summed E-state index contributed by atoms with van der Waals surface area (Å²) in [5, 5.41) is 12.9. The van der Waals surface area contributed by atoms with E-state index in [9.17, 15) is 18.0 Å². The summed E-state index contributed by atoms with van der Waals surface area (Å²) in [5.74, 6) is -0.177. The van der Waals surface area contributed by atoms with Gasteiger partial charge in [-0.2, -0.15) is 0 Å². The van der Waals surface area contributed by atoms with E-state index in [0.29, 0.717) is 36.9 Å². The third-order valence-corrected chi connectivity index (χ3v) is 6.62. The molecule has 0 radical (unpaired) electrons. The first-order valence-electron chi connectivity index (χ1n) is 9.78. The molecule has 1 aromatic carbocycles. The lowest BCUT2D eigenvalue weighted by atomic mass is 10.1. The van der Waals surface area contributed by atoms with E-state index in [1.54, 1.807) is 22.4 Å². The number of anilines is 1. The highest BCUT2D eigenvalue weighted by Crippen LogP contribution is 2.17. The number of nitrogens with zero attached hydrogens (tertiary/aromatic N) is 3. The molecule has 0 spiro atoms. The molecule has 2 heterocycles. The fraction of sp³-hybridized carbons (Fsp3) is 0.421. The Balaban J connectivity index is 1.41. The molecule has 1 fully saturated rings. The van der Waals surface area contributed by atoms with Crippen LogP contribution in [0, 0.1) is 0 Å². The second-order valence-electron chi connectivity index (χ2n) is 7.33. The molecule has 0 atom stereocenters. The van der Waals surface area contributed by atoms with Crippen LogP contribution in [0.2, 0.25) is 0 Å². The van der Waals surface area contributed by atoms with E-state index in [4.69, 9.17) is 5.14 Å². The van der Waals surface area contributed by atoms with Gasteiger partial charge in [-0.05, 0) is 31.2 Å². The summed E-state index contributed by atoms with van der Waals surface area (Å²) in [6.07, 6.45) is 0.672. The van der Waals surface area contributed by atoms with Gasteiger partial charge in [0.1, 0.15) is 0 Å². The van der Waals surface area contributed by atoms with Gasteiger partial charge < -0.3 is 15.1 Å². The zero-order valence-corrected chi connectivity index (χ0v) is 18.8. The molecule has 1 aromatic heterocycles. The summed E-state index contributed by atoms with van der Waals surface area (Å²) in [5.41, 5.74) is 1.48. The largest absolute Gasteiger partial charge is 0.355 e. The van der Waals surface area contributed by atoms with E-state index in [-0.39, 0.29) is 23.3 Å². The molecule has 1 aliphatic heterocycles. The number of amides is 3. The molecule has 0 bridgehead atoms. The molecule has 1 saturated heterocycles. The lowest BCUT2D eigenvalue weighted by Crippen LogP contribution is -2.48. The van der Waals surface area contributed by atoms with Crippen molar-refractivity contribution in [3.63, 3.8) is 0 Å². The molecule has 2 aromatic rings. The molecule has 10 nitrogen and oxygen atoms in total. The number of likely N-dealkylation sites (N-methyl/N-ethyl adjacent to an activating group) is 1. The van der Waals surface area contributed by atoms with E-state index in [0.717, 1.165) is 18.7 Å². The van der Waals surface area contributed by atoms with Crippen molar-refractivity contribution in [2.45, 2.75) is 17.7 Å². The normalized spacial score (nSPS) is 15.0. The van der Waals surface area contributed by atoms with Gasteiger partial charge in [-0.25, -0.2) is 23.3 Å². The number of thiazole rings is 1. The van der Waals surface area contributed by atoms with Crippen LogP contribution in [0.1, 0.15) is 11.3 Å². The number of nitrogens with two attached hydrogens (primary N) is 1. The van der Waals surface area contributed by atoms with Crippen LogP contribution >= 0.6 is 11.3 Å². The third kappa shape index (κ3) is 6.99. The quantitative estimate of drug-likeness (QED) is 0.542. The van der Waals surface area contributed by atoms with E-state index in [1.807, 2.05) is 7.05 Å². The van der Waals surface area contributed by atoms with E-state index >= 15 is 0 Å². The third-order valence-electron chi connectivity index (χ3n) is 4.89. The molecule has 12 heteroatoms. The Hall–Kier alpha value is -2.54. The Morgan fingerprint density at radius 1 is 1.16 bits per heavy atom. The highest BCUT2D eigenvalue weighted by molar-refractivity contribution is 7.89. The Bertz CT molecular complexity index is 1010. The van der Waals surface area contributed by atoms with Crippen LogP contribution in [0.4, 0.5) is 9.93 Å². The molecule has 0 aliphatic carbocycles. The van der Waals surface area contributed by atoms with Crippen molar-refractivity contribution in [1.29, 1.82) is 0 Å². The van der Waals surface area contributed by atoms with Gasteiger partial charge in [-0.1, -0.05) is 12.1 Å². The summed E-state index contributed by atoms with van der Waals surface area (Å²) < 4.78 is 22.5. The van der Waals surface area contributed by atoms with Gasteiger partial charge in [0.05, 0.1) is 17.0 Å². The lowest BCUT2D eigenvalue weighted by Gasteiger charge is -2.32. The minimum atomic E-state index is -3.71. The first-order chi connectivity index (χ1) is 14.7. The SMILES string of the molecule is CN1CCN(C(=O)Nc2nc(CC(=O)NCCc3ccc(S(N)(=O)=O)cc3)cs2)CC1. The lowest BCUT2D eigenvalue weighted by molar-refractivity contribution is -0.120. The molecule has 31 heavy (non-hydrogen) atoms. The Morgan fingerprint density at radius 3 is 2.48 bits per heavy atom. The molecular formula is C19H26N6O4S2. The molecule has 0 saturated carbocycles. The van der Waals surface area contributed by atoms with Gasteiger partial charge in [0.25, 0.3) is 0 Å². The fourth-order valence-electron chi connectivity index (χ4n) is 3.04. The number of sulfonamides is 1. The number of urea groups is 1. The monoisotopic (exact) mass is 466 g/mol. The number of carbonyl (C=O) groups excluding carboxylic acids is 2. The van der Waals surface area contributed by atoms with Crippen LogP contribution in [0.5, 0.6) is 0 Å². The maximum Gasteiger partial charge on any atom is 0.323 e. The maximum absolute atomic E-state index is 12.3. The number of piperazine rings is 1. The van der Waals surface area contributed by atoms with Crippen molar-refractivity contribution >= 4 is 38.4 Å². The summed E-state index contributed by atoms with van der Waals surface area (Å²) in [6, 6.07) is 6.05. The molecule has 4 N–H and O–H groups in total. The smallest absolute Gasteiger partial charge is 0.323 e. The van der Waals surface area contributed by atoms with Crippen molar-refractivity contribution < 1.29 is 18.0 Å². The number of rotatable bonds is 7. The molecule has 3 amide bonds. The zero-order chi connectivity index (χ0) is 22.4. The highest BCUT2D eigenvalue weighted by atomic mass is 32.2. The Morgan fingerprint density at radius 2 is 1.84 bits per heavy atom. The van der Waals surface area contributed by atoms with Gasteiger partial charge in [-0.3, -0.25) is 10.1 Å². The number of aromatic nitrogens is 1. The number of primary sulfonamides is 1. The van der Waals surface area contributed by atoms with Crippen molar-refractivity contribution in [1.82, 2.24) is 20.1 Å². The average Bonchev–Trinajstić information content (AvgIpc) is 3.14. The molecule has 1 aliphatic rings. The van der Waals surface area contributed by atoms with Crippen LogP contribution in [0.3, 0.4) is 0 Å². The van der Waals surface area contributed by atoms with Crippen LogP contribution in [0.25, 0.3) is 0 Å². The topological polar surface area (TPSA) is 138 Å². The first-order valence-corrected chi connectivity index (χ1v) is 12.2. The maximum atomic E-state index is 12.3. The van der Waals surface area contributed by atoms with Crippen molar-refractivity contribution in [3.05, 3.63) is 40.9 Å². The number of benzene rings is 1.